The molecule has 0 N–H and O–H groups in total. The van der Waals surface area contributed by atoms with Crippen molar-refractivity contribution in [2.75, 3.05) is 20.2 Å². The van der Waals surface area contributed by atoms with Gasteiger partial charge in [-0.1, -0.05) is 36.4 Å². The smallest absolute Gasteiger partial charge is 0.339 e. The number of ether oxygens (including phenoxy) is 1. The second kappa shape index (κ2) is 7.23. The maximum absolute atomic E-state index is 12.2. The molecule has 5 nitrogen and oxygen atoms in total. The Hall–Kier alpha value is -2.87. The molecule has 0 radical (unpaired) electrons. The molecule has 0 aliphatic rings. The molecule has 0 heterocycles. The number of rotatable bonds is 5. The Bertz CT molecular complexity index is 729. The molecule has 2 aromatic rings. The normalized spacial score (nSPS) is 10.0. The van der Waals surface area contributed by atoms with Gasteiger partial charge in [0.05, 0.1) is 18.1 Å². The molecule has 0 saturated carbocycles. The molecule has 0 saturated heterocycles. The summed E-state index contributed by atoms with van der Waals surface area (Å²) < 4.78 is 5.09. The topological polar surface area (TPSA) is 70.4 Å². The van der Waals surface area contributed by atoms with Gasteiger partial charge in [-0.05, 0) is 16.8 Å². The van der Waals surface area contributed by atoms with Crippen LogP contribution in [0, 0.1) is 11.3 Å². The maximum Gasteiger partial charge on any atom is 0.339 e. The van der Waals surface area contributed by atoms with E-state index < -0.39 is 5.97 Å². The van der Waals surface area contributed by atoms with Gasteiger partial charge in [0.1, 0.15) is 0 Å². The van der Waals surface area contributed by atoms with Gasteiger partial charge in [-0.15, -0.1) is 0 Å². The van der Waals surface area contributed by atoms with E-state index in [1.54, 1.807) is 19.2 Å². The largest absolute Gasteiger partial charge is 0.452 e. The van der Waals surface area contributed by atoms with Crippen LogP contribution in [0.3, 0.4) is 0 Å². The Kier molecular flexibility index (Phi) is 5.10. The van der Waals surface area contributed by atoms with Gasteiger partial charge in [0.25, 0.3) is 5.91 Å². The number of esters is 1. The molecule has 0 spiro atoms. The molecule has 0 unspecified atom stereocenters. The van der Waals surface area contributed by atoms with Crippen molar-refractivity contribution in [3.05, 3.63) is 48.0 Å². The summed E-state index contributed by atoms with van der Waals surface area (Å²) in [4.78, 5) is 25.3. The van der Waals surface area contributed by atoms with Gasteiger partial charge in [-0.2, -0.15) is 5.26 Å². The summed E-state index contributed by atoms with van der Waals surface area (Å²) >= 11 is 0. The second-order valence-electron chi connectivity index (χ2n) is 4.83. The van der Waals surface area contributed by atoms with Crippen LogP contribution in [0.5, 0.6) is 0 Å². The fourth-order valence-electron chi connectivity index (χ4n) is 2.06. The number of hydrogen-bond acceptors (Lipinski definition) is 4. The lowest BCUT2D eigenvalue weighted by Crippen LogP contribution is -2.31. The minimum Gasteiger partial charge on any atom is -0.452 e. The van der Waals surface area contributed by atoms with Crippen molar-refractivity contribution < 1.29 is 14.3 Å². The van der Waals surface area contributed by atoms with Crippen molar-refractivity contribution in [1.29, 1.82) is 5.26 Å². The molecule has 0 aromatic heterocycles. The molecule has 0 atom stereocenters. The van der Waals surface area contributed by atoms with Gasteiger partial charge in [-0.25, -0.2) is 4.79 Å². The first-order chi connectivity index (χ1) is 10.6. The number of carbonyl (C=O) groups excluding carboxylic acids is 2. The zero-order valence-corrected chi connectivity index (χ0v) is 12.3. The average Bonchev–Trinajstić information content (AvgIpc) is 2.56. The quantitative estimate of drug-likeness (QED) is 0.794. The van der Waals surface area contributed by atoms with Crippen LogP contribution in [-0.2, 0) is 9.53 Å². The molecule has 112 valence electrons. The fraction of sp³-hybridized carbons (Fsp3) is 0.235. The highest BCUT2D eigenvalue weighted by Gasteiger charge is 2.15. The fourth-order valence-corrected chi connectivity index (χ4v) is 2.06. The van der Waals surface area contributed by atoms with Crippen molar-refractivity contribution in [3.63, 3.8) is 0 Å². The third kappa shape index (κ3) is 3.61. The zero-order valence-electron chi connectivity index (χ0n) is 12.3. The number of likely N-dealkylation sites (N-methyl/N-ethyl adjacent to an activating group) is 1. The molecule has 0 bridgehead atoms. The van der Waals surface area contributed by atoms with E-state index in [0.717, 1.165) is 10.8 Å². The first-order valence-electron chi connectivity index (χ1n) is 6.89. The van der Waals surface area contributed by atoms with Crippen LogP contribution in [-0.4, -0.2) is 37.0 Å². The van der Waals surface area contributed by atoms with Crippen LogP contribution in [0.15, 0.2) is 42.5 Å². The van der Waals surface area contributed by atoms with Crippen LogP contribution >= 0.6 is 0 Å². The van der Waals surface area contributed by atoms with Gasteiger partial charge < -0.3 is 9.64 Å². The highest BCUT2D eigenvalue weighted by molar-refractivity contribution is 6.04. The van der Waals surface area contributed by atoms with E-state index in [1.807, 2.05) is 36.4 Å². The van der Waals surface area contributed by atoms with Crippen LogP contribution in [0.4, 0.5) is 0 Å². The predicted molar refractivity (Wildman–Crippen MR) is 82.1 cm³/mol. The van der Waals surface area contributed by atoms with Gasteiger partial charge in [-0.3, -0.25) is 4.79 Å². The minimum atomic E-state index is -0.529. The summed E-state index contributed by atoms with van der Waals surface area (Å²) in [5, 5.41) is 10.2. The van der Waals surface area contributed by atoms with E-state index in [2.05, 4.69) is 0 Å². The van der Waals surface area contributed by atoms with Crippen molar-refractivity contribution in [2.45, 2.75) is 6.42 Å². The van der Waals surface area contributed by atoms with E-state index in [0.29, 0.717) is 12.1 Å². The van der Waals surface area contributed by atoms with E-state index in [1.165, 1.54) is 4.90 Å². The second-order valence-corrected chi connectivity index (χ2v) is 4.83. The molecule has 2 rings (SSSR count). The highest BCUT2D eigenvalue weighted by atomic mass is 16.5. The number of nitriles is 1. The summed E-state index contributed by atoms with van der Waals surface area (Å²) in [6.45, 7) is -0.00880. The number of hydrogen-bond donors (Lipinski definition) is 0. The standard InChI is InChI=1S/C17H16N2O3/c1-19(11-5-10-18)16(20)12-22-17(21)15-9-4-7-13-6-2-3-8-14(13)15/h2-4,6-9H,5,11-12H2,1H3. The summed E-state index contributed by atoms with van der Waals surface area (Å²) in [6, 6.07) is 14.8. The molecule has 0 aliphatic carbocycles. The molecular weight excluding hydrogens is 280 g/mol. The van der Waals surface area contributed by atoms with Crippen molar-refractivity contribution in [1.82, 2.24) is 4.90 Å². The van der Waals surface area contributed by atoms with Crippen molar-refractivity contribution in [2.24, 2.45) is 0 Å². The number of nitrogens with zero attached hydrogens (tertiary/aromatic N) is 2. The number of amides is 1. The van der Waals surface area contributed by atoms with Crippen LogP contribution < -0.4 is 0 Å². The Morgan fingerprint density at radius 3 is 2.68 bits per heavy atom. The van der Waals surface area contributed by atoms with E-state index in [9.17, 15) is 9.59 Å². The lowest BCUT2D eigenvalue weighted by atomic mass is 10.1. The number of fused-ring (bicyclic) bond motifs is 1. The van der Waals surface area contributed by atoms with E-state index in [-0.39, 0.29) is 18.9 Å². The third-order valence-electron chi connectivity index (χ3n) is 3.32. The SMILES string of the molecule is CN(CCC#N)C(=O)COC(=O)c1cccc2ccccc12. The molecule has 22 heavy (non-hydrogen) atoms. The molecular formula is C17H16N2O3. The summed E-state index contributed by atoms with van der Waals surface area (Å²) in [6.07, 6.45) is 0.250. The monoisotopic (exact) mass is 296 g/mol. The van der Waals surface area contributed by atoms with Gasteiger partial charge >= 0.3 is 5.97 Å². The minimum absolute atomic E-state index is 0.250. The molecule has 0 aliphatic heterocycles. The predicted octanol–water partition coefficient (Wildman–Crippen LogP) is 2.37. The maximum atomic E-state index is 12.2. The Labute approximate surface area is 128 Å². The molecule has 5 heteroatoms. The van der Waals surface area contributed by atoms with Crippen molar-refractivity contribution in [3.8, 4) is 6.07 Å². The number of carbonyl (C=O) groups is 2. The Balaban J connectivity index is 2.03. The van der Waals surface area contributed by atoms with Crippen LogP contribution in [0.2, 0.25) is 0 Å². The van der Waals surface area contributed by atoms with Gasteiger partial charge in [0.15, 0.2) is 6.61 Å². The first-order valence-corrected chi connectivity index (χ1v) is 6.89. The van der Waals surface area contributed by atoms with Gasteiger partial charge in [0.2, 0.25) is 0 Å². The molecule has 0 fully saturated rings. The lowest BCUT2D eigenvalue weighted by molar-refractivity contribution is -0.133. The number of benzene rings is 2. The third-order valence-corrected chi connectivity index (χ3v) is 3.32. The van der Waals surface area contributed by atoms with Crippen molar-refractivity contribution >= 4 is 22.6 Å². The van der Waals surface area contributed by atoms with Crippen LogP contribution in [0.1, 0.15) is 16.8 Å². The van der Waals surface area contributed by atoms with E-state index in [4.69, 9.17) is 10.00 Å². The molecule has 1 amide bonds. The zero-order chi connectivity index (χ0) is 15.9. The Morgan fingerprint density at radius 2 is 1.91 bits per heavy atom. The Morgan fingerprint density at radius 1 is 1.18 bits per heavy atom. The summed E-state index contributed by atoms with van der Waals surface area (Å²) in [5.74, 6) is -0.859. The molecule has 2 aromatic carbocycles. The van der Waals surface area contributed by atoms with Crippen LogP contribution in [0.25, 0.3) is 10.8 Å². The van der Waals surface area contributed by atoms with Gasteiger partial charge in [0, 0.05) is 13.6 Å². The highest BCUT2D eigenvalue weighted by Crippen LogP contribution is 2.19. The lowest BCUT2D eigenvalue weighted by Gasteiger charge is -2.15. The first kappa shape index (κ1) is 15.5. The summed E-state index contributed by atoms with van der Waals surface area (Å²) in [5.41, 5.74) is 0.436. The summed E-state index contributed by atoms with van der Waals surface area (Å²) in [7, 11) is 1.57. The van der Waals surface area contributed by atoms with E-state index >= 15 is 0 Å². The average molecular weight is 296 g/mol.